The van der Waals surface area contributed by atoms with Gasteiger partial charge in [-0.15, -0.1) is 0 Å². The minimum Gasteiger partial charge on any atom is -0.349 e. The first-order chi connectivity index (χ1) is 5.70. The molecule has 12 heavy (non-hydrogen) atoms. The third-order valence-electron chi connectivity index (χ3n) is 1.84. The lowest BCUT2D eigenvalue weighted by atomic mass is 10.3. The fourth-order valence-electron chi connectivity index (χ4n) is 1.30. The topological polar surface area (TPSA) is 34.0 Å². The highest BCUT2D eigenvalue weighted by molar-refractivity contribution is 9.10. The highest BCUT2D eigenvalue weighted by atomic mass is 79.9. The summed E-state index contributed by atoms with van der Waals surface area (Å²) in [6.45, 7) is 0.988. The number of carbonyl (C=O) groups excluding carboxylic acids is 1. The van der Waals surface area contributed by atoms with Crippen LogP contribution in [0.5, 0.6) is 0 Å². The maximum absolute atomic E-state index is 13.0. The van der Waals surface area contributed by atoms with Crippen LogP contribution in [0, 0.1) is 5.95 Å². The maximum Gasteiger partial charge on any atom is 0.269 e. The van der Waals surface area contributed by atoms with Gasteiger partial charge in [-0.25, -0.2) is 0 Å². The summed E-state index contributed by atoms with van der Waals surface area (Å²) < 4.78 is 14.9. The van der Waals surface area contributed by atoms with Gasteiger partial charge >= 0.3 is 0 Å². The van der Waals surface area contributed by atoms with Gasteiger partial charge in [-0.1, -0.05) is 0 Å². The molecule has 0 saturated heterocycles. The van der Waals surface area contributed by atoms with Gasteiger partial charge in [0.2, 0.25) is 0 Å². The number of nitrogens with one attached hydrogen (secondary N) is 1. The Labute approximate surface area is 76.7 Å². The van der Waals surface area contributed by atoms with Crippen LogP contribution >= 0.6 is 15.9 Å². The second kappa shape index (κ2) is 2.58. The van der Waals surface area contributed by atoms with Crippen LogP contribution < -0.4 is 5.32 Å². The maximum atomic E-state index is 13.0. The number of hydrogen-bond donors (Lipinski definition) is 1. The van der Waals surface area contributed by atoms with Crippen molar-refractivity contribution in [3.05, 3.63) is 22.2 Å². The predicted molar refractivity (Wildman–Crippen MR) is 44.4 cm³/mol. The zero-order chi connectivity index (χ0) is 8.72. The van der Waals surface area contributed by atoms with Gasteiger partial charge in [0, 0.05) is 19.2 Å². The summed E-state index contributed by atoms with van der Waals surface area (Å²) in [7, 11) is 0. The van der Waals surface area contributed by atoms with E-state index in [0.29, 0.717) is 23.3 Å². The van der Waals surface area contributed by atoms with Gasteiger partial charge in [0.15, 0.2) is 5.95 Å². The van der Waals surface area contributed by atoms with Crippen molar-refractivity contribution in [1.82, 2.24) is 9.88 Å². The number of nitrogens with zero attached hydrogens (tertiary/aromatic N) is 1. The molecule has 0 aliphatic carbocycles. The van der Waals surface area contributed by atoms with Gasteiger partial charge in [0.05, 0.1) is 4.47 Å². The molecule has 0 fully saturated rings. The second-order valence-electron chi connectivity index (χ2n) is 2.57. The molecule has 3 nitrogen and oxygen atoms in total. The molecule has 2 heterocycles. The third-order valence-corrected chi connectivity index (χ3v) is 2.44. The van der Waals surface area contributed by atoms with Crippen molar-refractivity contribution >= 4 is 21.8 Å². The molecule has 0 unspecified atom stereocenters. The zero-order valence-electron chi connectivity index (χ0n) is 6.10. The minimum atomic E-state index is -0.369. The summed E-state index contributed by atoms with van der Waals surface area (Å²) in [5.41, 5.74) is 0.374. The number of carbonyl (C=O) groups is 1. The number of rotatable bonds is 0. The Morgan fingerprint density at radius 3 is 3.08 bits per heavy atom. The summed E-state index contributed by atoms with van der Waals surface area (Å²) in [6.07, 6.45) is 0. The van der Waals surface area contributed by atoms with E-state index >= 15 is 0 Å². The average Bonchev–Trinajstić information content (AvgIpc) is 2.29. The van der Waals surface area contributed by atoms with E-state index in [-0.39, 0.29) is 11.9 Å². The van der Waals surface area contributed by atoms with E-state index in [1.807, 2.05) is 0 Å². The van der Waals surface area contributed by atoms with Crippen LogP contribution in [-0.4, -0.2) is 17.0 Å². The van der Waals surface area contributed by atoms with Crippen molar-refractivity contribution in [3.8, 4) is 0 Å². The quantitative estimate of drug-likeness (QED) is 0.716. The van der Waals surface area contributed by atoms with Crippen LogP contribution in [0.15, 0.2) is 10.5 Å². The number of aromatic nitrogens is 1. The number of fused-ring (bicyclic) bond motifs is 1. The van der Waals surface area contributed by atoms with Crippen LogP contribution in [0.25, 0.3) is 0 Å². The third kappa shape index (κ3) is 0.964. The van der Waals surface area contributed by atoms with E-state index in [1.165, 1.54) is 10.6 Å². The molecule has 1 aliphatic rings. The molecule has 0 aromatic carbocycles. The standard InChI is InChI=1S/C7H6BrFN2O/c8-4-3-5(9)11-2-1-10-7(12)6(4)11/h3H,1-2H2,(H,10,12). The lowest BCUT2D eigenvalue weighted by Gasteiger charge is -2.16. The SMILES string of the molecule is O=C1NCCn2c(F)cc(Br)c21. The lowest BCUT2D eigenvalue weighted by molar-refractivity contribution is 0.0923. The fourth-order valence-corrected chi connectivity index (χ4v) is 1.88. The van der Waals surface area contributed by atoms with Gasteiger partial charge in [-0.05, 0) is 15.9 Å². The van der Waals surface area contributed by atoms with E-state index < -0.39 is 0 Å². The Kier molecular flexibility index (Phi) is 1.68. The summed E-state index contributed by atoms with van der Waals surface area (Å²) >= 11 is 3.12. The van der Waals surface area contributed by atoms with E-state index in [9.17, 15) is 9.18 Å². The Morgan fingerprint density at radius 2 is 2.42 bits per heavy atom. The summed E-state index contributed by atoms with van der Waals surface area (Å²) in [5, 5.41) is 2.64. The molecule has 0 radical (unpaired) electrons. The Bertz CT molecular complexity index is 347. The lowest BCUT2D eigenvalue weighted by Crippen LogP contribution is -2.35. The Hall–Kier alpha value is -0.840. The molecular weight excluding hydrogens is 227 g/mol. The van der Waals surface area contributed by atoms with Crippen LogP contribution in [0.1, 0.15) is 10.5 Å². The van der Waals surface area contributed by atoms with Gasteiger partial charge in [-0.2, -0.15) is 4.39 Å². The van der Waals surface area contributed by atoms with Crippen LogP contribution in [-0.2, 0) is 6.54 Å². The predicted octanol–water partition coefficient (Wildman–Crippen LogP) is 1.13. The highest BCUT2D eigenvalue weighted by Crippen LogP contribution is 2.22. The van der Waals surface area contributed by atoms with E-state index in [1.54, 1.807) is 0 Å². The highest BCUT2D eigenvalue weighted by Gasteiger charge is 2.22. The van der Waals surface area contributed by atoms with Crippen LogP contribution in [0.2, 0.25) is 0 Å². The molecule has 1 N–H and O–H groups in total. The molecule has 0 saturated carbocycles. The fraction of sp³-hybridized carbons (Fsp3) is 0.286. The molecule has 0 bridgehead atoms. The van der Waals surface area contributed by atoms with Gasteiger partial charge in [0.1, 0.15) is 5.69 Å². The Morgan fingerprint density at radius 1 is 1.67 bits per heavy atom. The summed E-state index contributed by atoms with van der Waals surface area (Å²) in [6, 6.07) is 1.31. The van der Waals surface area contributed by atoms with Crippen molar-refractivity contribution in [2.45, 2.75) is 6.54 Å². The number of hydrogen-bond acceptors (Lipinski definition) is 1. The van der Waals surface area contributed by atoms with Crippen LogP contribution in [0.4, 0.5) is 4.39 Å². The average molecular weight is 233 g/mol. The summed E-state index contributed by atoms with van der Waals surface area (Å²) in [5.74, 6) is -0.594. The largest absolute Gasteiger partial charge is 0.349 e. The first-order valence-corrected chi connectivity index (χ1v) is 4.32. The smallest absolute Gasteiger partial charge is 0.269 e. The van der Waals surface area contributed by atoms with Crippen molar-refractivity contribution in [2.24, 2.45) is 0 Å². The first-order valence-electron chi connectivity index (χ1n) is 3.53. The molecule has 1 aromatic rings. The van der Waals surface area contributed by atoms with Gasteiger partial charge < -0.3 is 9.88 Å². The number of halogens is 2. The monoisotopic (exact) mass is 232 g/mol. The van der Waals surface area contributed by atoms with E-state index in [4.69, 9.17) is 0 Å². The molecule has 64 valence electrons. The molecule has 0 atom stereocenters. The first kappa shape index (κ1) is 7.79. The molecule has 2 rings (SSSR count). The molecule has 5 heteroatoms. The molecular formula is C7H6BrFN2O. The normalized spacial score (nSPS) is 15.7. The van der Waals surface area contributed by atoms with Gasteiger partial charge in [0.25, 0.3) is 5.91 Å². The molecule has 1 aromatic heterocycles. The van der Waals surface area contributed by atoms with E-state index in [0.717, 1.165) is 0 Å². The van der Waals surface area contributed by atoms with Gasteiger partial charge in [-0.3, -0.25) is 4.79 Å². The van der Waals surface area contributed by atoms with Crippen molar-refractivity contribution < 1.29 is 9.18 Å². The van der Waals surface area contributed by atoms with Crippen molar-refractivity contribution in [2.75, 3.05) is 6.54 Å². The minimum absolute atomic E-state index is 0.225. The second-order valence-corrected chi connectivity index (χ2v) is 3.43. The summed E-state index contributed by atoms with van der Waals surface area (Å²) in [4.78, 5) is 11.2. The molecule has 1 amide bonds. The van der Waals surface area contributed by atoms with Crippen molar-refractivity contribution in [1.29, 1.82) is 0 Å². The van der Waals surface area contributed by atoms with Crippen molar-refractivity contribution in [3.63, 3.8) is 0 Å². The number of amides is 1. The zero-order valence-corrected chi connectivity index (χ0v) is 7.69. The molecule has 1 aliphatic heterocycles. The van der Waals surface area contributed by atoms with Crippen LogP contribution in [0.3, 0.4) is 0 Å². The Balaban J connectivity index is 2.62. The van der Waals surface area contributed by atoms with E-state index in [2.05, 4.69) is 21.2 Å². The molecule has 0 spiro atoms.